The maximum absolute atomic E-state index is 12.8. The summed E-state index contributed by atoms with van der Waals surface area (Å²) in [7, 11) is 1.57. The standard InChI is InChI=1S/C22H15BrClNO4S/c1-28-18-7-5-15(24)10-17(18)19-8-6-16(29-19)11-20-21(26)25(22(27)30-20)12-13-3-2-4-14(23)9-13/h2-11H,12H2,1H3/b20-11+. The number of thioether (sulfide) groups is 1. The second-order valence-corrected chi connectivity index (χ2v) is 8.79. The number of hydrogen-bond acceptors (Lipinski definition) is 5. The largest absolute Gasteiger partial charge is 0.496 e. The van der Waals surface area contributed by atoms with Crippen molar-refractivity contribution in [2.24, 2.45) is 0 Å². The molecule has 0 N–H and O–H groups in total. The van der Waals surface area contributed by atoms with E-state index in [1.54, 1.807) is 43.5 Å². The number of amides is 2. The minimum atomic E-state index is -0.344. The molecule has 0 unspecified atom stereocenters. The number of carbonyl (C=O) groups excluding carboxylic acids is 2. The number of carbonyl (C=O) groups is 2. The van der Waals surface area contributed by atoms with Gasteiger partial charge in [-0.1, -0.05) is 39.7 Å². The quantitative estimate of drug-likeness (QED) is 0.366. The maximum atomic E-state index is 12.8. The van der Waals surface area contributed by atoms with Crippen molar-refractivity contribution < 1.29 is 18.7 Å². The van der Waals surface area contributed by atoms with Crippen LogP contribution in [0.25, 0.3) is 17.4 Å². The van der Waals surface area contributed by atoms with E-state index in [4.69, 9.17) is 20.8 Å². The summed E-state index contributed by atoms with van der Waals surface area (Å²) in [6, 6.07) is 16.2. The van der Waals surface area contributed by atoms with E-state index in [9.17, 15) is 9.59 Å². The number of furan rings is 1. The average molecular weight is 505 g/mol. The van der Waals surface area contributed by atoms with Gasteiger partial charge in [-0.2, -0.15) is 0 Å². The second kappa shape index (κ2) is 8.71. The van der Waals surface area contributed by atoms with Gasteiger partial charge in [0.2, 0.25) is 0 Å². The van der Waals surface area contributed by atoms with Crippen molar-refractivity contribution in [3.05, 3.63) is 80.3 Å². The molecule has 8 heteroatoms. The van der Waals surface area contributed by atoms with E-state index in [1.165, 1.54) is 4.90 Å². The third-order valence-electron chi connectivity index (χ3n) is 4.43. The topological polar surface area (TPSA) is 59.8 Å². The molecule has 152 valence electrons. The van der Waals surface area contributed by atoms with Crippen LogP contribution in [0.5, 0.6) is 5.75 Å². The predicted octanol–water partition coefficient (Wildman–Crippen LogP) is 6.61. The summed E-state index contributed by atoms with van der Waals surface area (Å²) in [5.41, 5.74) is 1.56. The Bertz CT molecular complexity index is 1170. The number of benzene rings is 2. The van der Waals surface area contributed by atoms with Crippen molar-refractivity contribution in [2.75, 3.05) is 7.11 Å². The second-order valence-electron chi connectivity index (χ2n) is 6.44. The molecule has 0 atom stereocenters. The first kappa shape index (κ1) is 20.8. The lowest BCUT2D eigenvalue weighted by Gasteiger charge is -2.12. The Kier molecular flexibility index (Phi) is 6.04. The third-order valence-corrected chi connectivity index (χ3v) is 6.07. The molecule has 2 amide bonds. The number of ether oxygens (including phenoxy) is 1. The van der Waals surface area contributed by atoms with Gasteiger partial charge in [0.05, 0.1) is 24.1 Å². The van der Waals surface area contributed by atoms with E-state index in [1.807, 2.05) is 24.3 Å². The van der Waals surface area contributed by atoms with Crippen LogP contribution in [-0.2, 0) is 11.3 Å². The zero-order valence-corrected chi connectivity index (χ0v) is 18.9. The molecule has 0 bridgehead atoms. The van der Waals surface area contributed by atoms with Crippen LogP contribution >= 0.6 is 39.3 Å². The zero-order valence-electron chi connectivity index (χ0n) is 15.7. The first-order chi connectivity index (χ1) is 14.4. The molecule has 1 saturated heterocycles. The highest BCUT2D eigenvalue weighted by Gasteiger charge is 2.35. The van der Waals surface area contributed by atoms with Crippen molar-refractivity contribution >= 4 is 56.5 Å². The molecule has 1 aliphatic rings. The molecule has 0 saturated carbocycles. The molecule has 0 spiro atoms. The highest BCUT2D eigenvalue weighted by molar-refractivity contribution is 9.10. The van der Waals surface area contributed by atoms with Crippen molar-refractivity contribution in [1.29, 1.82) is 0 Å². The minimum Gasteiger partial charge on any atom is -0.496 e. The van der Waals surface area contributed by atoms with Crippen LogP contribution < -0.4 is 4.74 Å². The SMILES string of the molecule is COc1ccc(Cl)cc1-c1ccc(/C=C2/SC(=O)N(Cc3cccc(Br)c3)C2=O)o1. The zero-order chi connectivity index (χ0) is 21.3. The normalized spacial score (nSPS) is 15.3. The Balaban J connectivity index is 1.57. The predicted molar refractivity (Wildman–Crippen MR) is 121 cm³/mol. The highest BCUT2D eigenvalue weighted by Crippen LogP contribution is 2.36. The number of hydrogen-bond donors (Lipinski definition) is 0. The fourth-order valence-corrected chi connectivity index (χ4v) is 4.47. The Morgan fingerprint density at radius 1 is 1.17 bits per heavy atom. The van der Waals surface area contributed by atoms with E-state index in [-0.39, 0.29) is 17.7 Å². The number of imide groups is 1. The molecular formula is C22H15BrClNO4S. The number of rotatable bonds is 5. The summed E-state index contributed by atoms with van der Waals surface area (Å²) >= 11 is 10.4. The lowest BCUT2D eigenvalue weighted by Crippen LogP contribution is -2.27. The molecule has 1 aliphatic heterocycles. The van der Waals surface area contributed by atoms with E-state index in [2.05, 4.69) is 15.9 Å². The molecular weight excluding hydrogens is 490 g/mol. The van der Waals surface area contributed by atoms with Crippen molar-refractivity contribution in [3.63, 3.8) is 0 Å². The van der Waals surface area contributed by atoms with E-state index < -0.39 is 0 Å². The fourth-order valence-electron chi connectivity index (χ4n) is 3.03. The molecule has 0 aliphatic carbocycles. The first-order valence-electron chi connectivity index (χ1n) is 8.88. The summed E-state index contributed by atoms with van der Waals surface area (Å²) in [6.45, 7) is 0.213. The van der Waals surface area contributed by atoms with Gasteiger partial charge < -0.3 is 9.15 Å². The van der Waals surface area contributed by atoms with Crippen LogP contribution in [0.2, 0.25) is 5.02 Å². The monoisotopic (exact) mass is 503 g/mol. The maximum Gasteiger partial charge on any atom is 0.293 e. The van der Waals surface area contributed by atoms with Gasteiger partial charge in [-0.25, -0.2) is 0 Å². The van der Waals surface area contributed by atoms with Gasteiger partial charge in [0.25, 0.3) is 11.1 Å². The molecule has 5 nitrogen and oxygen atoms in total. The Hall–Kier alpha value is -2.48. The van der Waals surface area contributed by atoms with Crippen molar-refractivity contribution in [2.45, 2.75) is 6.54 Å². The van der Waals surface area contributed by atoms with Crippen LogP contribution in [0, 0.1) is 0 Å². The lowest BCUT2D eigenvalue weighted by atomic mass is 10.1. The van der Waals surface area contributed by atoms with Crippen LogP contribution in [-0.4, -0.2) is 23.2 Å². The van der Waals surface area contributed by atoms with Crippen LogP contribution in [0.15, 0.2) is 68.4 Å². The van der Waals surface area contributed by atoms with Gasteiger partial charge in [0.1, 0.15) is 17.3 Å². The van der Waals surface area contributed by atoms with Gasteiger partial charge in [-0.05, 0) is 59.8 Å². The molecule has 4 rings (SSSR count). The molecule has 1 fully saturated rings. The Morgan fingerprint density at radius 3 is 2.77 bits per heavy atom. The Labute approximate surface area is 190 Å². The smallest absolute Gasteiger partial charge is 0.293 e. The van der Waals surface area contributed by atoms with E-state index in [0.717, 1.165) is 21.8 Å². The number of nitrogens with zero attached hydrogens (tertiary/aromatic N) is 1. The molecule has 2 heterocycles. The van der Waals surface area contributed by atoms with E-state index >= 15 is 0 Å². The van der Waals surface area contributed by atoms with Crippen LogP contribution in [0.1, 0.15) is 11.3 Å². The molecule has 2 aromatic carbocycles. The summed E-state index contributed by atoms with van der Waals surface area (Å²) in [6.07, 6.45) is 1.58. The number of methoxy groups -OCH3 is 1. The van der Waals surface area contributed by atoms with Crippen LogP contribution in [0.4, 0.5) is 4.79 Å². The van der Waals surface area contributed by atoms with Gasteiger partial charge in [0.15, 0.2) is 0 Å². The van der Waals surface area contributed by atoms with E-state index in [0.29, 0.717) is 32.8 Å². The highest BCUT2D eigenvalue weighted by atomic mass is 79.9. The van der Waals surface area contributed by atoms with Crippen LogP contribution in [0.3, 0.4) is 0 Å². The number of halogens is 2. The van der Waals surface area contributed by atoms with Gasteiger partial charge in [-0.15, -0.1) is 0 Å². The summed E-state index contributed by atoms with van der Waals surface area (Å²) in [5.74, 6) is 1.28. The average Bonchev–Trinajstić information content (AvgIpc) is 3.28. The molecule has 1 aromatic heterocycles. The lowest BCUT2D eigenvalue weighted by molar-refractivity contribution is -0.123. The summed E-state index contributed by atoms with van der Waals surface area (Å²) < 4.78 is 12.1. The molecule has 0 radical (unpaired) electrons. The molecule has 30 heavy (non-hydrogen) atoms. The fraction of sp³-hybridized carbons (Fsp3) is 0.0909. The molecule has 3 aromatic rings. The van der Waals surface area contributed by atoms with Crippen molar-refractivity contribution in [1.82, 2.24) is 4.90 Å². The first-order valence-corrected chi connectivity index (χ1v) is 10.9. The van der Waals surface area contributed by atoms with Gasteiger partial charge >= 0.3 is 0 Å². The minimum absolute atomic E-state index is 0.213. The third kappa shape index (κ3) is 4.33. The van der Waals surface area contributed by atoms with Gasteiger partial charge in [0, 0.05) is 15.6 Å². The Morgan fingerprint density at radius 2 is 2.00 bits per heavy atom. The van der Waals surface area contributed by atoms with Crippen molar-refractivity contribution in [3.8, 4) is 17.1 Å². The summed E-state index contributed by atoms with van der Waals surface area (Å²) in [4.78, 5) is 26.7. The van der Waals surface area contributed by atoms with Gasteiger partial charge in [-0.3, -0.25) is 14.5 Å². The summed E-state index contributed by atoms with van der Waals surface area (Å²) in [5, 5.41) is 0.243.